The first-order valence-corrected chi connectivity index (χ1v) is 6.39. The molecule has 1 aromatic heterocycles. The van der Waals surface area contributed by atoms with Gasteiger partial charge in [-0.15, -0.1) is 0 Å². The van der Waals surface area contributed by atoms with Crippen molar-refractivity contribution in [2.24, 2.45) is 5.92 Å². The first kappa shape index (κ1) is 14.0. The Labute approximate surface area is 108 Å². The second kappa shape index (κ2) is 6.60. The van der Waals surface area contributed by atoms with Gasteiger partial charge in [-0.25, -0.2) is 4.98 Å². The lowest BCUT2D eigenvalue weighted by Gasteiger charge is -2.22. The molecule has 0 saturated heterocycles. The Morgan fingerprint density at radius 3 is 2.59 bits per heavy atom. The van der Waals surface area contributed by atoms with E-state index in [0.717, 1.165) is 12.8 Å². The molecule has 4 heteroatoms. The quantitative estimate of drug-likeness (QED) is 0.820. The molecule has 1 unspecified atom stereocenters. The Kier molecular flexibility index (Phi) is 5.42. The van der Waals surface area contributed by atoms with Gasteiger partial charge in [-0.2, -0.15) is 0 Å². The molecule has 0 spiro atoms. The molecule has 1 heterocycles. The van der Waals surface area contributed by atoms with Crippen molar-refractivity contribution in [2.75, 3.05) is 0 Å². The van der Waals surface area contributed by atoms with E-state index in [1.54, 1.807) is 18.2 Å². The molecule has 1 aromatic rings. The SMILES string of the molecule is CCC(CC)C(C)NC(=O)c1cccc(Cl)n1. The van der Waals surface area contributed by atoms with Crippen LogP contribution in [-0.2, 0) is 0 Å². The smallest absolute Gasteiger partial charge is 0.270 e. The maximum absolute atomic E-state index is 11.9. The van der Waals surface area contributed by atoms with Gasteiger partial charge in [0.15, 0.2) is 0 Å². The molecule has 0 aliphatic carbocycles. The second-order valence-electron chi connectivity index (χ2n) is 4.18. The van der Waals surface area contributed by atoms with E-state index in [-0.39, 0.29) is 11.9 Å². The van der Waals surface area contributed by atoms with Crippen LogP contribution in [0.25, 0.3) is 0 Å². The summed E-state index contributed by atoms with van der Waals surface area (Å²) < 4.78 is 0. The predicted octanol–water partition coefficient (Wildman–Crippen LogP) is 3.29. The van der Waals surface area contributed by atoms with E-state index in [4.69, 9.17) is 11.6 Å². The summed E-state index contributed by atoms with van der Waals surface area (Å²) in [6, 6.07) is 5.20. The summed E-state index contributed by atoms with van der Waals surface area (Å²) >= 11 is 5.75. The maximum atomic E-state index is 11.9. The van der Waals surface area contributed by atoms with Gasteiger partial charge in [0, 0.05) is 6.04 Å². The summed E-state index contributed by atoms with van der Waals surface area (Å²) in [4.78, 5) is 15.9. The zero-order valence-corrected chi connectivity index (χ0v) is 11.3. The largest absolute Gasteiger partial charge is 0.348 e. The molecule has 0 aliphatic rings. The minimum absolute atomic E-state index is 0.151. The van der Waals surface area contributed by atoms with Gasteiger partial charge in [-0.05, 0) is 25.0 Å². The third-order valence-electron chi connectivity index (χ3n) is 3.06. The fraction of sp³-hybridized carbons (Fsp3) is 0.538. The van der Waals surface area contributed by atoms with Gasteiger partial charge in [0.05, 0.1) is 0 Å². The van der Waals surface area contributed by atoms with Crippen LogP contribution in [0.2, 0.25) is 5.15 Å². The number of amides is 1. The van der Waals surface area contributed by atoms with E-state index < -0.39 is 0 Å². The molecule has 0 aliphatic heterocycles. The number of aromatic nitrogens is 1. The lowest BCUT2D eigenvalue weighted by atomic mass is 9.95. The van der Waals surface area contributed by atoms with Gasteiger partial charge in [-0.3, -0.25) is 4.79 Å². The summed E-state index contributed by atoms with van der Waals surface area (Å²) in [7, 11) is 0. The molecule has 1 atom stereocenters. The highest BCUT2D eigenvalue weighted by Crippen LogP contribution is 2.13. The first-order valence-electron chi connectivity index (χ1n) is 6.01. The Morgan fingerprint density at radius 1 is 1.41 bits per heavy atom. The second-order valence-corrected chi connectivity index (χ2v) is 4.57. The lowest BCUT2D eigenvalue weighted by Crippen LogP contribution is -2.38. The van der Waals surface area contributed by atoms with Crippen molar-refractivity contribution < 1.29 is 4.79 Å². The van der Waals surface area contributed by atoms with Crippen LogP contribution < -0.4 is 5.32 Å². The molecule has 1 rings (SSSR count). The lowest BCUT2D eigenvalue weighted by molar-refractivity contribution is 0.0920. The summed E-state index contributed by atoms with van der Waals surface area (Å²) in [5.74, 6) is 0.338. The van der Waals surface area contributed by atoms with Crippen LogP contribution in [0.3, 0.4) is 0 Å². The fourth-order valence-electron chi connectivity index (χ4n) is 1.93. The highest BCUT2D eigenvalue weighted by molar-refractivity contribution is 6.29. The van der Waals surface area contributed by atoms with Gasteiger partial charge in [-0.1, -0.05) is 44.4 Å². The number of nitrogens with zero attached hydrogens (tertiary/aromatic N) is 1. The van der Waals surface area contributed by atoms with Gasteiger partial charge < -0.3 is 5.32 Å². The number of nitrogens with one attached hydrogen (secondary N) is 1. The van der Waals surface area contributed by atoms with Crippen LogP contribution >= 0.6 is 11.6 Å². The number of carbonyl (C=O) groups excluding carboxylic acids is 1. The van der Waals surface area contributed by atoms with Gasteiger partial charge in [0.1, 0.15) is 10.8 Å². The molecule has 1 amide bonds. The molecule has 0 bridgehead atoms. The van der Waals surface area contributed by atoms with Crippen molar-refractivity contribution in [3.05, 3.63) is 29.0 Å². The zero-order valence-electron chi connectivity index (χ0n) is 10.5. The van der Waals surface area contributed by atoms with Crippen LogP contribution in [0.5, 0.6) is 0 Å². The number of rotatable bonds is 5. The molecule has 3 nitrogen and oxygen atoms in total. The van der Waals surface area contributed by atoms with E-state index >= 15 is 0 Å². The Hall–Kier alpha value is -1.09. The molecular formula is C13H19ClN2O. The molecule has 94 valence electrons. The molecule has 0 saturated carbocycles. The Balaban J connectivity index is 2.66. The number of hydrogen-bond acceptors (Lipinski definition) is 2. The average molecular weight is 255 g/mol. The van der Waals surface area contributed by atoms with Crippen molar-refractivity contribution in [3.8, 4) is 0 Å². The van der Waals surface area contributed by atoms with Crippen LogP contribution in [0.15, 0.2) is 18.2 Å². The van der Waals surface area contributed by atoms with Crippen molar-refractivity contribution in [2.45, 2.75) is 39.7 Å². The topological polar surface area (TPSA) is 42.0 Å². The zero-order chi connectivity index (χ0) is 12.8. The van der Waals surface area contributed by atoms with Crippen LogP contribution in [0.4, 0.5) is 0 Å². The number of halogens is 1. The molecule has 0 radical (unpaired) electrons. The third-order valence-corrected chi connectivity index (χ3v) is 3.27. The summed E-state index contributed by atoms with van der Waals surface area (Å²) in [5, 5.41) is 3.31. The van der Waals surface area contributed by atoms with E-state index in [1.165, 1.54) is 0 Å². The Morgan fingerprint density at radius 2 is 2.06 bits per heavy atom. The highest BCUT2D eigenvalue weighted by atomic mass is 35.5. The summed E-state index contributed by atoms with van der Waals surface area (Å²) in [5.41, 5.74) is 0.371. The standard InChI is InChI=1S/C13H19ClN2O/c1-4-10(5-2)9(3)15-13(17)11-7-6-8-12(14)16-11/h6-10H,4-5H2,1-3H3,(H,15,17). The normalized spacial score (nSPS) is 12.5. The van der Waals surface area contributed by atoms with Gasteiger partial charge in [0.25, 0.3) is 5.91 Å². The van der Waals surface area contributed by atoms with Crippen LogP contribution in [-0.4, -0.2) is 16.9 Å². The number of hydrogen-bond donors (Lipinski definition) is 1. The first-order chi connectivity index (χ1) is 8.08. The van der Waals surface area contributed by atoms with Crippen molar-refractivity contribution >= 4 is 17.5 Å². The maximum Gasteiger partial charge on any atom is 0.270 e. The highest BCUT2D eigenvalue weighted by Gasteiger charge is 2.17. The average Bonchev–Trinajstić information content (AvgIpc) is 2.30. The van der Waals surface area contributed by atoms with E-state index in [0.29, 0.717) is 16.8 Å². The van der Waals surface area contributed by atoms with E-state index in [9.17, 15) is 4.79 Å². The van der Waals surface area contributed by atoms with Crippen molar-refractivity contribution in [1.29, 1.82) is 0 Å². The monoisotopic (exact) mass is 254 g/mol. The predicted molar refractivity (Wildman–Crippen MR) is 70.2 cm³/mol. The van der Waals surface area contributed by atoms with Crippen LogP contribution in [0, 0.1) is 5.92 Å². The van der Waals surface area contributed by atoms with E-state index in [2.05, 4.69) is 24.1 Å². The summed E-state index contributed by atoms with van der Waals surface area (Å²) in [6.45, 7) is 6.29. The Bertz CT molecular complexity index is 377. The minimum atomic E-state index is -0.160. The molecule has 1 N–H and O–H groups in total. The number of carbonyl (C=O) groups is 1. The van der Waals surface area contributed by atoms with Gasteiger partial charge >= 0.3 is 0 Å². The van der Waals surface area contributed by atoms with Crippen LogP contribution in [0.1, 0.15) is 44.1 Å². The molecule has 0 fully saturated rings. The fourth-order valence-corrected chi connectivity index (χ4v) is 2.09. The van der Waals surface area contributed by atoms with Crippen molar-refractivity contribution in [3.63, 3.8) is 0 Å². The molecule has 0 aromatic carbocycles. The van der Waals surface area contributed by atoms with Crippen molar-refractivity contribution in [1.82, 2.24) is 10.3 Å². The molecular weight excluding hydrogens is 236 g/mol. The molecule has 17 heavy (non-hydrogen) atoms. The third kappa shape index (κ3) is 4.00. The summed E-state index contributed by atoms with van der Waals surface area (Å²) in [6.07, 6.45) is 2.11. The van der Waals surface area contributed by atoms with Gasteiger partial charge in [0.2, 0.25) is 0 Å². The van der Waals surface area contributed by atoms with E-state index in [1.807, 2.05) is 6.92 Å². The minimum Gasteiger partial charge on any atom is -0.348 e. The number of pyridine rings is 1.